The van der Waals surface area contributed by atoms with E-state index in [1.807, 2.05) is 49.4 Å². The molecule has 0 aliphatic rings. The Morgan fingerprint density at radius 3 is 2.60 bits per heavy atom. The minimum atomic E-state index is -0.174. The molecule has 2 N–H and O–H groups in total. The molecule has 2 aromatic carbocycles. The largest absolute Gasteiger partial charge is 0.493 e. The monoisotopic (exact) mass is 340 g/mol. The fourth-order valence-electron chi connectivity index (χ4n) is 2.60. The highest BCUT2D eigenvalue weighted by Gasteiger charge is 2.10. The molecule has 0 saturated carbocycles. The number of urea groups is 1. The van der Waals surface area contributed by atoms with E-state index in [0.29, 0.717) is 19.1 Å². The zero-order valence-electron chi connectivity index (χ0n) is 15.3. The first kappa shape index (κ1) is 18.8. The Hall–Kier alpha value is -2.49. The lowest BCUT2D eigenvalue weighted by molar-refractivity contribution is 0.250. The summed E-state index contributed by atoms with van der Waals surface area (Å²) in [7, 11) is 0. The Bertz CT molecular complexity index is 685. The van der Waals surface area contributed by atoms with Crippen molar-refractivity contribution in [1.29, 1.82) is 0 Å². The van der Waals surface area contributed by atoms with Gasteiger partial charge in [0.1, 0.15) is 5.75 Å². The SMILES string of the molecule is CCC(C)c1ccccc1NC(=O)NCCCOc1ccccc1C. The smallest absolute Gasteiger partial charge is 0.319 e. The van der Waals surface area contributed by atoms with Crippen LogP contribution >= 0.6 is 0 Å². The van der Waals surface area contributed by atoms with Gasteiger partial charge in [-0.05, 0) is 48.9 Å². The van der Waals surface area contributed by atoms with Crippen LogP contribution in [0.1, 0.15) is 43.7 Å². The maximum atomic E-state index is 12.1. The van der Waals surface area contributed by atoms with Gasteiger partial charge in [-0.15, -0.1) is 0 Å². The standard InChI is InChI=1S/C21H28N2O2/c1-4-16(2)18-11-6-7-12-19(18)23-21(24)22-14-9-15-25-20-13-8-5-10-17(20)3/h5-8,10-13,16H,4,9,14-15H2,1-3H3,(H2,22,23,24). The van der Waals surface area contributed by atoms with E-state index in [0.717, 1.165) is 29.8 Å². The third kappa shape index (κ3) is 5.82. The van der Waals surface area contributed by atoms with Gasteiger partial charge in [-0.25, -0.2) is 4.79 Å². The topological polar surface area (TPSA) is 50.4 Å². The summed E-state index contributed by atoms with van der Waals surface area (Å²) in [5.41, 5.74) is 3.17. The van der Waals surface area contributed by atoms with Crippen molar-refractivity contribution in [2.75, 3.05) is 18.5 Å². The van der Waals surface area contributed by atoms with E-state index in [9.17, 15) is 4.79 Å². The maximum absolute atomic E-state index is 12.1. The van der Waals surface area contributed by atoms with Crippen molar-refractivity contribution in [3.63, 3.8) is 0 Å². The van der Waals surface area contributed by atoms with Crippen LogP contribution in [-0.2, 0) is 0 Å². The van der Waals surface area contributed by atoms with Crippen LogP contribution in [0.25, 0.3) is 0 Å². The summed E-state index contributed by atoms with van der Waals surface area (Å²) < 4.78 is 5.73. The fraction of sp³-hybridized carbons (Fsp3) is 0.381. The zero-order valence-corrected chi connectivity index (χ0v) is 15.3. The van der Waals surface area contributed by atoms with Gasteiger partial charge in [0.05, 0.1) is 6.61 Å². The zero-order chi connectivity index (χ0) is 18.1. The lowest BCUT2D eigenvalue weighted by Crippen LogP contribution is -2.30. The van der Waals surface area contributed by atoms with Crippen molar-refractivity contribution in [3.05, 3.63) is 59.7 Å². The second kappa shape index (κ2) is 9.72. The summed E-state index contributed by atoms with van der Waals surface area (Å²) in [6.45, 7) is 7.49. The third-order valence-electron chi connectivity index (χ3n) is 4.31. The second-order valence-electron chi connectivity index (χ2n) is 6.24. The van der Waals surface area contributed by atoms with E-state index in [1.165, 1.54) is 5.56 Å². The number of ether oxygens (including phenoxy) is 1. The van der Waals surface area contributed by atoms with Gasteiger partial charge >= 0.3 is 6.03 Å². The number of hydrogen-bond acceptors (Lipinski definition) is 2. The molecule has 0 radical (unpaired) electrons. The lowest BCUT2D eigenvalue weighted by atomic mass is 9.97. The van der Waals surface area contributed by atoms with Crippen LogP contribution in [0.3, 0.4) is 0 Å². The van der Waals surface area contributed by atoms with Crippen LogP contribution in [0.15, 0.2) is 48.5 Å². The predicted octanol–water partition coefficient (Wildman–Crippen LogP) is 5.10. The number of carbonyl (C=O) groups excluding carboxylic acids is 1. The first-order valence-electron chi connectivity index (χ1n) is 8.94. The quantitative estimate of drug-likeness (QED) is 0.657. The number of nitrogens with one attached hydrogen (secondary N) is 2. The predicted molar refractivity (Wildman–Crippen MR) is 103 cm³/mol. The molecule has 0 fully saturated rings. The molecule has 2 aromatic rings. The van der Waals surface area contributed by atoms with Crippen molar-refractivity contribution >= 4 is 11.7 Å². The van der Waals surface area contributed by atoms with E-state index >= 15 is 0 Å². The minimum absolute atomic E-state index is 0.174. The molecule has 0 aliphatic carbocycles. The molecule has 4 nitrogen and oxygen atoms in total. The molecule has 1 atom stereocenters. The fourth-order valence-corrected chi connectivity index (χ4v) is 2.60. The van der Waals surface area contributed by atoms with Gasteiger partial charge in [-0.3, -0.25) is 0 Å². The highest BCUT2D eigenvalue weighted by molar-refractivity contribution is 5.90. The van der Waals surface area contributed by atoms with Gasteiger partial charge < -0.3 is 15.4 Å². The number of anilines is 1. The van der Waals surface area contributed by atoms with Crippen molar-refractivity contribution in [3.8, 4) is 5.75 Å². The third-order valence-corrected chi connectivity index (χ3v) is 4.31. The molecule has 4 heteroatoms. The van der Waals surface area contributed by atoms with E-state index in [2.05, 4.69) is 30.5 Å². The van der Waals surface area contributed by atoms with Crippen LogP contribution < -0.4 is 15.4 Å². The number of aryl methyl sites for hydroxylation is 1. The Kier molecular flexibility index (Phi) is 7.33. The second-order valence-corrected chi connectivity index (χ2v) is 6.24. The average Bonchev–Trinajstić information content (AvgIpc) is 2.62. The van der Waals surface area contributed by atoms with Crippen LogP contribution in [0.5, 0.6) is 5.75 Å². The molecule has 25 heavy (non-hydrogen) atoms. The first-order valence-corrected chi connectivity index (χ1v) is 8.94. The summed E-state index contributed by atoms with van der Waals surface area (Å²) in [5, 5.41) is 5.84. The number of rotatable bonds is 8. The molecule has 134 valence electrons. The summed E-state index contributed by atoms with van der Waals surface area (Å²) in [5.74, 6) is 1.31. The van der Waals surface area contributed by atoms with Crippen molar-refractivity contribution in [1.82, 2.24) is 5.32 Å². The molecule has 0 bridgehead atoms. The molecule has 0 aliphatic heterocycles. The number of hydrogen-bond donors (Lipinski definition) is 2. The highest BCUT2D eigenvalue weighted by atomic mass is 16.5. The van der Waals surface area contributed by atoms with Crippen LogP contribution in [0.4, 0.5) is 10.5 Å². The maximum Gasteiger partial charge on any atom is 0.319 e. The first-order chi connectivity index (χ1) is 12.1. The van der Waals surface area contributed by atoms with Gasteiger partial charge in [0.25, 0.3) is 0 Å². The van der Waals surface area contributed by atoms with Crippen molar-refractivity contribution in [2.24, 2.45) is 0 Å². The molecular formula is C21H28N2O2. The minimum Gasteiger partial charge on any atom is -0.493 e. The number of para-hydroxylation sites is 2. The van der Waals surface area contributed by atoms with E-state index in [4.69, 9.17) is 4.74 Å². The van der Waals surface area contributed by atoms with Gasteiger partial charge in [0.15, 0.2) is 0 Å². The van der Waals surface area contributed by atoms with Crippen molar-refractivity contribution < 1.29 is 9.53 Å². The van der Waals surface area contributed by atoms with Crippen LogP contribution in [0.2, 0.25) is 0 Å². The summed E-state index contributed by atoms with van der Waals surface area (Å²) >= 11 is 0. The average molecular weight is 340 g/mol. The Morgan fingerprint density at radius 1 is 1.12 bits per heavy atom. The van der Waals surface area contributed by atoms with Gasteiger partial charge in [-0.2, -0.15) is 0 Å². The summed E-state index contributed by atoms with van der Waals surface area (Å²) in [6, 6.07) is 15.7. The number of amides is 2. The summed E-state index contributed by atoms with van der Waals surface area (Å²) in [4.78, 5) is 12.1. The molecule has 1 unspecified atom stereocenters. The van der Waals surface area contributed by atoms with E-state index in [-0.39, 0.29) is 6.03 Å². The molecule has 0 spiro atoms. The Labute approximate surface area is 150 Å². The lowest BCUT2D eigenvalue weighted by Gasteiger charge is -2.16. The molecule has 0 heterocycles. The van der Waals surface area contributed by atoms with Gasteiger partial charge in [0.2, 0.25) is 0 Å². The molecule has 2 amide bonds. The number of benzene rings is 2. The van der Waals surface area contributed by atoms with Gasteiger partial charge in [0, 0.05) is 12.2 Å². The number of carbonyl (C=O) groups is 1. The highest BCUT2D eigenvalue weighted by Crippen LogP contribution is 2.26. The van der Waals surface area contributed by atoms with Gasteiger partial charge in [-0.1, -0.05) is 50.2 Å². The van der Waals surface area contributed by atoms with Crippen LogP contribution in [0, 0.1) is 6.92 Å². The molecular weight excluding hydrogens is 312 g/mol. The molecule has 0 saturated heterocycles. The molecule has 2 rings (SSSR count). The molecule has 0 aromatic heterocycles. The van der Waals surface area contributed by atoms with E-state index < -0.39 is 0 Å². The summed E-state index contributed by atoms with van der Waals surface area (Å²) in [6.07, 6.45) is 1.80. The normalized spacial score (nSPS) is 11.6. The Morgan fingerprint density at radius 2 is 1.84 bits per heavy atom. The Balaban J connectivity index is 1.74. The van der Waals surface area contributed by atoms with E-state index in [1.54, 1.807) is 0 Å². The van der Waals surface area contributed by atoms with Crippen molar-refractivity contribution in [2.45, 2.75) is 39.5 Å². The van der Waals surface area contributed by atoms with Crippen LogP contribution in [-0.4, -0.2) is 19.2 Å².